The highest BCUT2D eigenvalue weighted by Gasteiger charge is 2.35. The minimum Gasteiger partial charge on any atom is -0.404 e. The molecule has 0 amide bonds. The van der Waals surface area contributed by atoms with E-state index in [0.717, 1.165) is 0 Å². The van der Waals surface area contributed by atoms with Gasteiger partial charge in [0.15, 0.2) is 10.6 Å². The molecule has 0 saturated carbocycles. The van der Waals surface area contributed by atoms with Crippen molar-refractivity contribution in [2.45, 2.75) is 11.3 Å². The highest BCUT2D eigenvalue weighted by molar-refractivity contribution is 7.89. The van der Waals surface area contributed by atoms with Crippen LogP contribution in [0.2, 0.25) is 0 Å². The minimum absolute atomic E-state index is 0.476. The predicted molar refractivity (Wildman–Crippen MR) is 51.4 cm³/mol. The van der Waals surface area contributed by atoms with Crippen LogP contribution >= 0.6 is 0 Å². The van der Waals surface area contributed by atoms with Gasteiger partial charge in [0, 0.05) is 6.07 Å². The molecule has 0 aliphatic carbocycles. The highest BCUT2D eigenvalue weighted by Crippen LogP contribution is 2.32. The number of anilines is 1. The number of alkyl halides is 3. The van der Waals surface area contributed by atoms with E-state index in [9.17, 15) is 21.6 Å². The fraction of sp³-hybridized carbons (Fsp3) is 0.143. The average molecular weight is 282 g/mol. The zero-order chi connectivity index (χ0) is 14.1. The maximum Gasteiger partial charge on any atom is 0.573 e. The highest BCUT2D eigenvalue weighted by atomic mass is 32.2. The summed E-state index contributed by atoms with van der Waals surface area (Å²) in [7, 11) is -4.58. The molecule has 0 spiro atoms. The van der Waals surface area contributed by atoms with Gasteiger partial charge in [-0.25, -0.2) is 18.5 Å². The number of nitrogens with zero attached hydrogens (tertiary/aromatic N) is 2. The summed E-state index contributed by atoms with van der Waals surface area (Å²) >= 11 is 0. The molecule has 98 valence electrons. The van der Waals surface area contributed by atoms with E-state index in [1.54, 1.807) is 0 Å². The molecule has 0 aliphatic rings. The van der Waals surface area contributed by atoms with E-state index in [1.165, 1.54) is 6.07 Å². The maximum atomic E-state index is 12.1. The Bertz CT molecular complexity index is 620. The molecule has 11 heteroatoms. The SMILES string of the molecule is N#Cc1cc(OC(F)(F)F)c(S(N)(=O)=O)c(N)n1. The maximum absolute atomic E-state index is 12.1. The van der Waals surface area contributed by atoms with Crippen LogP contribution in [-0.2, 0) is 10.0 Å². The fourth-order valence-corrected chi connectivity index (χ4v) is 1.79. The molecule has 0 fully saturated rings. The second-order valence-electron chi connectivity index (χ2n) is 2.92. The number of ether oxygens (including phenoxy) is 1. The molecule has 4 N–H and O–H groups in total. The Hall–Kier alpha value is -2.06. The number of rotatable bonds is 2. The quantitative estimate of drug-likeness (QED) is 0.789. The first kappa shape index (κ1) is 14.0. The Morgan fingerprint density at radius 2 is 2.00 bits per heavy atom. The Morgan fingerprint density at radius 3 is 2.39 bits per heavy atom. The smallest absolute Gasteiger partial charge is 0.404 e. The van der Waals surface area contributed by atoms with Crippen LogP contribution in [0.15, 0.2) is 11.0 Å². The van der Waals surface area contributed by atoms with Crippen molar-refractivity contribution >= 4 is 15.8 Å². The van der Waals surface area contributed by atoms with E-state index in [1.807, 2.05) is 0 Å². The van der Waals surface area contributed by atoms with E-state index in [4.69, 9.17) is 16.1 Å². The van der Waals surface area contributed by atoms with Crippen LogP contribution in [0.1, 0.15) is 5.69 Å². The molecule has 1 aromatic heterocycles. The van der Waals surface area contributed by atoms with Gasteiger partial charge in [-0.2, -0.15) is 5.26 Å². The van der Waals surface area contributed by atoms with Crippen LogP contribution in [-0.4, -0.2) is 19.8 Å². The lowest BCUT2D eigenvalue weighted by Gasteiger charge is -2.13. The first-order chi connectivity index (χ1) is 8.04. The third-order valence-electron chi connectivity index (χ3n) is 1.59. The number of halogens is 3. The van der Waals surface area contributed by atoms with Crippen molar-refractivity contribution in [2.75, 3.05) is 5.73 Å². The molecule has 18 heavy (non-hydrogen) atoms. The summed E-state index contributed by atoms with van der Waals surface area (Å²) in [5, 5.41) is 13.2. The van der Waals surface area contributed by atoms with Crippen molar-refractivity contribution in [3.63, 3.8) is 0 Å². The summed E-state index contributed by atoms with van der Waals surface area (Å²) < 4.78 is 61.9. The summed E-state index contributed by atoms with van der Waals surface area (Å²) in [6.07, 6.45) is -5.17. The number of nitrogen functional groups attached to an aromatic ring is 1. The second kappa shape index (κ2) is 4.31. The number of hydrogen-bond acceptors (Lipinski definition) is 6. The largest absolute Gasteiger partial charge is 0.573 e. The Morgan fingerprint density at radius 1 is 1.44 bits per heavy atom. The lowest BCUT2D eigenvalue weighted by molar-refractivity contribution is -0.275. The topological polar surface area (TPSA) is 132 Å². The molecule has 0 aliphatic heterocycles. The summed E-state index contributed by atoms with van der Waals surface area (Å²) in [5.41, 5.74) is 4.59. The second-order valence-corrected chi connectivity index (χ2v) is 4.42. The van der Waals surface area contributed by atoms with Crippen molar-refractivity contribution in [2.24, 2.45) is 5.14 Å². The zero-order valence-electron chi connectivity index (χ0n) is 8.39. The lowest BCUT2D eigenvalue weighted by atomic mass is 10.3. The van der Waals surface area contributed by atoms with Crippen LogP contribution in [0, 0.1) is 11.3 Å². The average Bonchev–Trinajstić information content (AvgIpc) is 2.11. The molecule has 0 aromatic carbocycles. The summed E-state index contributed by atoms with van der Waals surface area (Å²) in [5.74, 6) is -2.05. The van der Waals surface area contributed by atoms with Gasteiger partial charge in [-0.15, -0.1) is 13.2 Å². The Balaban J connectivity index is 3.55. The summed E-state index contributed by atoms with van der Waals surface area (Å²) in [4.78, 5) is 2.13. The Labute approximate surface area is 98.8 Å². The van der Waals surface area contributed by atoms with Crippen molar-refractivity contribution in [3.8, 4) is 11.8 Å². The van der Waals surface area contributed by atoms with Gasteiger partial charge >= 0.3 is 6.36 Å². The third kappa shape index (κ3) is 3.22. The fourth-order valence-electron chi connectivity index (χ4n) is 1.07. The molecule has 0 unspecified atom stereocenters. The van der Waals surface area contributed by atoms with E-state index < -0.39 is 38.5 Å². The molecular formula is C7H5F3N4O3S. The number of hydrogen-bond donors (Lipinski definition) is 2. The third-order valence-corrected chi connectivity index (χ3v) is 2.57. The van der Waals surface area contributed by atoms with Crippen molar-refractivity contribution < 1.29 is 26.3 Å². The number of sulfonamides is 1. The molecule has 7 nitrogen and oxygen atoms in total. The van der Waals surface area contributed by atoms with Gasteiger partial charge in [-0.1, -0.05) is 0 Å². The van der Waals surface area contributed by atoms with E-state index in [0.29, 0.717) is 6.07 Å². The first-order valence-electron chi connectivity index (χ1n) is 4.04. The van der Waals surface area contributed by atoms with Crippen LogP contribution in [0.25, 0.3) is 0 Å². The molecule has 0 bridgehead atoms. The van der Waals surface area contributed by atoms with Gasteiger partial charge < -0.3 is 10.5 Å². The van der Waals surface area contributed by atoms with Crippen LogP contribution in [0.4, 0.5) is 19.0 Å². The summed E-state index contributed by atoms with van der Waals surface area (Å²) in [6, 6.07) is 1.87. The van der Waals surface area contributed by atoms with Crippen LogP contribution in [0.3, 0.4) is 0 Å². The molecule has 1 aromatic rings. The van der Waals surface area contributed by atoms with E-state index >= 15 is 0 Å². The van der Waals surface area contributed by atoms with E-state index in [2.05, 4.69) is 9.72 Å². The summed E-state index contributed by atoms with van der Waals surface area (Å²) in [6.45, 7) is 0. The number of pyridine rings is 1. The van der Waals surface area contributed by atoms with Gasteiger partial charge in [0.25, 0.3) is 0 Å². The molecule has 0 atom stereocenters. The van der Waals surface area contributed by atoms with Crippen LogP contribution in [0.5, 0.6) is 5.75 Å². The lowest BCUT2D eigenvalue weighted by Crippen LogP contribution is -2.22. The van der Waals surface area contributed by atoms with Crippen molar-refractivity contribution in [1.29, 1.82) is 5.26 Å². The van der Waals surface area contributed by atoms with Gasteiger partial charge in [0.2, 0.25) is 10.0 Å². The van der Waals surface area contributed by atoms with Crippen molar-refractivity contribution in [3.05, 3.63) is 11.8 Å². The van der Waals surface area contributed by atoms with Crippen LogP contribution < -0.4 is 15.6 Å². The monoisotopic (exact) mass is 282 g/mol. The number of primary sulfonamides is 1. The first-order valence-corrected chi connectivity index (χ1v) is 5.58. The molecular weight excluding hydrogens is 277 g/mol. The van der Waals surface area contributed by atoms with Gasteiger partial charge in [0.1, 0.15) is 17.6 Å². The Kier molecular flexibility index (Phi) is 3.36. The normalized spacial score (nSPS) is 11.9. The standard InChI is InChI=1S/C7H5F3N4O3S/c8-7(9,10)17-4-1-3(2-11)14-6(12)5(4)18(13,15)16/h1H,(H2,12,14)(H2,13,15,16). The van der Waals surface area contributed by atoms with Gasteiger partial charge in [-0.3, -0.25) is 0 Å². The molecule has 0 radical (unpaired) electrons. The van der Waals surface area contributed by atoms with E-state index in [-0.39, 0.29) is 0 Å². The number of nitrogens with two attached hydrogens (primary N) is 2. The molecule has 1 heterocycles. The zero-order valence-corrected chi connectivity index (χ0v) is 9.21. The number of nitriles is 1. The predicted octanol–water partition coefficient (Wildman–Crippen LogP) is 0.0815. The molecule has 0 saturated heterocycles. The van der Waals surface area contributed by atoms with Gasteiger partial charge in [0.05, 0.1) is 0 Å². The van der Waals surface area contributed by atoms with Crippen molar-refractivity contribution in [1.82, 2.24) is 4.98 Å². The molecule has 1 rings (SSSR count). The van der Waals surface area contributed by atoms with Gasteiger partial charge in [-0.05, 0) is 0 Å². The minimum atomic E-state index is -5.17. The number of aromatic nitrogens is 1.